The van der Waals surface area contributed by atoms with Crippen molar-refractivity contribution in [3.8, 4) is 0 Å². The van der Waals surface area contributed by atoms with E-state index in [1.54, 1.807) is 30.5 Å². The lowest BCUT2D eigenvalue weighted by molar-refractivity contribution is 0.0750. The summed E-state index contributed by atoms with van der Waals surface area (Å²) in [6, 6.07) is 12.4. The normalized spacial score (nSPS) is 13.9. The van der Waals surface area contributed by atoms with Crippen LogP contribution >= 0.6 is 34.5 Å². The van der Waals surface area contributed by atoms with Crippen molar-refractivity contribution in [3.05, 3.63) is 74.7 Å². The predicted molar refractivity (Wildman–Crippen MR) is 126 cm³/mol. The highest BCUT2D eigenvalue weighted by atomic mass is 35.5. The highest BCUT2D eigenvalue weighted by molar-refractivity contribution is 7.18. The van der Waals surface area contributed by atoms with Crippen LogP contribution in [0.1, 0.15) is 25.6 Å². The Morgan fingerprint density at radius 3 is 2.48 bits per heavy atom. The molecular formula is C22H20Cl2N4O2S. The molecule has 0 radical (unpaired) electrons. The maximum Gasteiger partial charge on any atom is 0.264 e. The summed E-state index contributed by atoms with van der Waals surface area (Å²) in [6.07, 6.45) is 1.63. The Balaban J connectivity index is 1.40. The maximum absolute atomic E-state index is 13.1. The zero-order valence-electron chi connectivity index (χ0n) is 16.8. The van der Waals surface area contributed by atoms with E-state index in [2.05, 4.69) is 15.2 Å². The second-order valence-corrected chi connectivity index (χ2v) is 9.07. The van der Waals surface area contributed by atoms with Crippen molar-refractivity contribution < 1.29 is 9.59 Å². The number of piperazine rings is 1. The highest BCUT2D eigenvalue weighted by Gasteiger charge is 2.25. The van der Waals surface area contributed by atoms with Gasteiger partial charge in [0.05, 0.1) is 25.5 Å². The smallest absolute Gasteiger partial charge is 0.264 e. The van der Waals surface area contributed by atoms with E-state index in [0.29, 0.717) is 51.7 Å². The summed E-state index contributed by atoms with van der Waals surface area (Å²) in [7, 11) is 0. The van der Waals surface area contributed by atoms with Gasteiger partial charge in [0.1, 0.15) is 5.82 Å². The first-order chi connectivity index (χ1) is 14.9. The van der Waals surface area contributed by atoms with Gasteiger partial charge in [-0.2, -0.15) is 0 Å². The SMILES string of the molecule is Cc1cc(NC(=O)c2ccccc2Cl)sc1C(=O)N1CCN(c2ccc(Cl)cn2)CC1. The van der Waals surface area contributed by atoms with Crippen LogP contribution in [0.3, 0.4) is 0 Å². The molecule has 0 aliphatic carbocycles. The molecule has 3 aromatic rings. The number of amides is 2. The molecule has 0 spiro atoms. The van der Waals surface area contributed by atoms with Gasteiger partial charge in [0.15, 0.2) is 0 Å². The van der Waals surface area contributed by atoms with Crippen molar-refractivity contribution in [3.63, 3.8) is 0 Å². The molecule has 31 heavy (non-hydrogen) atoms. The topological polar surface area (TPSA) is 65.5 Å². The largest absolute Gasteiger partial charge is 0.353 e. The number of aryl methyl sites for hydroxylation is 1. The van der Waals surface area contributed by atoms with Crippen LogP contribution in [-0.2, 0) is 0 Å². The predicted octanol–water partition coefficient (Wildman–Crippen LogP) is 4.97. The zero-order valence-corrected chi connectivity index (χ0v) is 19.1. The summed E-state index contributed by atoms with van der Waals surface area (Å²) < 4.78 is 0. The molecule has 9 heteroatoms. The van der Waals surface area contributed by atoms with E-state index in [1.807, 2.05) is 30.0 Å². The number of anilines is 2. The Hall–Kier alpha value is -2.61. The lowest BCUT2D eigenvalue weighted by Crippen LogP contribution is -2.49. The van der Waals surface area contributed by atoms with E-state index < -0.39 is 0 Å². The maximum atomic E-state index is 13.1. The Labute approximate surface area is 194 Å². The molecule has 2 amide bonds. The molecule has 0 unspecified atom stereocenters. The van der Waals surface area contributed by atoms with Crippen molar-refractivity contribution in [2.24, 2.45) is 0 Å². The number of halogens is 2. The molecule has 1 aromatic carbocycles. The van der Waals surface area contributed by atoms with Gasteiger partial charge in [0.2, 0.25) is 0 Å². The second-order valence-electron chi connectivity index (χ2n) is 7.17. The second kappa shape index (κ2) is 9.26. The van der Waals surface area contributed by atoms with E-state index in [1.165, 1.54) is 11.3 Å². The summed E-state index contributed by atoms with van der Waals surface area (Å²) in [4.78, 5) is 34.6. The van der Waals surface area contributed by atoms with Crippen LogP contribution in [0.25, 0.3) is 0 Å². The van der Waals surface area contributed by atoms with E-state index in [-0.39, 0.29) is 11.8 Å². The summed E-state index contributed by atoms with van der Waals surface area (Å²) in [5.74, 6) is 0.535. The summed E-state index contributed by atoms with van der Waals surface area (Å²) in [5, 5.41) is 4.46. The first-order valence-corrected chi connectivity index (χ1v) is 11.3. The zero-order chi connectivity index (χ0) is 22.0. The lowest BCUT2D eigenvalue weighted by atomic mass is 10.2. The third kappa shape index (κ3) is 4.84. The molecule has 1 aliphatic rings. The van der Waals surface area contributed by atoms with Crippen molar-refractivity contribution in [1.29, 1.82) is 0 Å². The van der Waals surface area contributed by atoms with Crippen LogP contribution in [-0.4, -0.2) is 47.9 Å². The van der Waals surface area contributed by atoms with Gasteiger partial charge in [-0.15, -0.1) is 11.3 Å². The number of thiophene rings is 1. The fourth-order valence-electron chi connectivity index (χ4n) is 3.42. The first kappa shape index (κ1) is 21.6. The quantitative estimate of drug-likeness (QED) is 0.579. The van der Waals surface area contributed by atoms with Gasteiger partial charge in [0.25, 0.3) is 11.8 Å². The van der Waals surface area contributed by atoms with Crippen LogP contribution in [0, 0.1) is 6.92 Å². The van der Waals surface area contributed by atoms with Gasteiger partial charge in [-0.25, -0.2) is 4.98 Å². The third-order valence-corrected chi connectivity index (χ3v) is 6.76. The molecule has 0 saturated carbocycles. The number of rotatable bonds is 4. The minimum Gasteiger partial charge on any atom is -0.353 e. The molecule has 160 valence electrons. The molecule has 3 heterocycles. The summed E-state index contributed by atoms with van der Waals surface area (Å²) in [6.45, 7) is 4.47. The van der Waals surface area contributed by atoms with Crippen molar-refractivity contribution in [2.45, 2.75) is 6.92 Å². The molecule has 4 rings (SSSR count). The van der Waals surface area contributed by atoms with Gasteiger partial charge in [-0.3, -0.25) is 9.59 Å². The fraction of sp³-hybridized carbons (Fsp3) is 0.227. The molecule has 1 aliphatic heterocycles. The van der Waals surface area contributed by atoms with Gasteiger partial charge in [-0.1, -0.05) is 35.3 Å². The number of pyridine rings is 1. The Morgan fingerprint density at radius 2 is 1.81 bits per heavy atom. The summed E-state index contributed by atoms with van der Waals surface area (Å²) in [5.41, 5.74) is 1.24. The van der Waals surface area contributed by atoms with Crippen LogP contribution in [0.4, 0.5) is 10.8 Å². The molecule has 1 fully saturated rings. The summed E-state index contributed by atoms with van der Waals surface area (Å²) >= 11 is 13.3. The van der Waals surface area contributed by atoms with E-state index in [0.717, 1.165) is 11.4 Å². The minimum absolute atomic E-state index is 0.0237. The molecule has 6 nitrogen and oxygen atoms in total. The van der Waals surface area contributed by atoms with Gasteiger partial charge in [0, 0.05) is 32.4 Å². The van der Waals surface area contributed by atoms with Gasteiger partial charge < -0.3 is 15.1 Å². The number of carbonyl (C=O) groups excluding carboxylic acids is 2. The number of carbonyl (C=O) groups is 2. The average Bonchev–Trinajstić information content (AvgIpc) is 3.14. The first-order valence-electron chi connectivity index (χ1n) is 9.74. The van der Waals surface area contributed by atoms with E-state index >= 15 is 0 Å². The Bertz CT molecular complexity index is 1110. The van der Waals surface area contributed by atoms with Crippen molar-refractivity contribution in [2.75, 3.05) is 36.4 Å². The van der Waals surface area contributed by atoms with E-state index in [9.17, 15) is 9.59 Å². The number of hydrogen-bond acceptors (Lipinski definition) is 5. The highest BCUT2D eigenvalue weighted by Crippen LogP contribution is 2.29. The monoisotopic (exact) mass is 474 g/mol. The molecular weight excluding hydrogens is 455 g/mol. The Morgan fingerprint density at radius 1 is 1.06 bits per heavy atom. The Kier molecular flexibility index (Phi) is 6.46. The van der Waals surface area contributed by atoms with E-state index in [4.69, 9.17) is 23.2 Å². The van der Waals surface area contributed by atoms with Gasteiger partial charge in [-0.05, 0) is 42.8 Å². The minimum atomic E-state index is -0.296. The third-order valence-electron chi connectivity index (χ3n) is 5.07. The van der Waals surface area contributed by atoms with Crippen LogP contribution < -0.4 is 10.2 Å². The molecule has 1 saturated heterocycles. The average molecular weight is 475 g/mol. The number of nitrogens with one attached hydrogen (secondary N) is 1. The molecule has 2 aromatic heterocycles. The van der Waals surface area contributed by atoms with Crippen LogP contribution in [0.2, 0.25) is 10.0 Å². The number of nitrogens with zero attached hydrogens (tertiary/aromatic N) is 3. The molecule has 1 N–H and O–H groups in total. The van der Waals surface area contributed by atoms with Gasteiger partial charge >= 0.3 is 0 Å². The van der Waals surface area contributed by atoms with Crippen LogP contribution in [0.15, 0.2) is 48.7 Å². The molecule has 0 atom stereocenters. The number of aromatic nitrogens is 1. The fourth-order valence-corrected chi connectivity index (χ4v) is 4.79. The molecule has 0 bridgehead atoms. The standard InChI is InChI=1S/C22H20Cl2N4O2S/c1-14-12-19(26-21(29)16-4-2-3-5-17(16)24)31-20(14)22(30)28-10-8-27(9-11-28)18-7-6-15(23)13-25-18/h2-7,12-13H,8-11H2,1H3,(H,26,29). The number of hydrogen-bond donors (Lipinski definition) is 1. The number of benzene rings is 1. The van der Waals surface area contributed by atoms with Crippen molar-refractivity contribution >= 4 is 57.2 Å². The van der Waals surface area contributed by atoms with Crippen molar-refractivity contribution in [1.82, 2.24) is 9.88 Å². The van der Waals surface area contributed by atoms with Crippen LogP contribution in [0.5, 0.6) is 0 Å². The lowest BCUT2D eigenvalue weighted by Gasteiger charge is -2.35.